The number of hydrogen-bond acceptors (Lipinski definition) is 5. The summed E-state index contributed by atoms with van der Waals surface area (Å²) in [6, 6.07) is 26.9. The maximum atomic E-state index is 13.2. The summed E-state index contributed by atoms with van der Waals surface area (Å²) in [5, 5.41) is 9.66. The lowest BCUT2D eigenvalue weighted by molar-refractivity contribution is 0.0989. The SMILES string of the molecule is O=C(c1ccccc1)[C@H](Sc1nnc2c(n1)[nH]c1ccccc12)c1ccccc1. The molecule has 0 bridgehead atoms. The number of carbonyl (C=O) groups is 1. The van der Waals surface area contributed by atoms with Crippen LogP contribution < -0.4 is 0 Å². The smallest absolute Gasteiger partial charge is 0.212 e. The lowest BCUT2D eigenvalue weighted by atomic mass is 10.0. The molecule has 0 amide bonds. The van der Waals surface area contributed by atoms with Crippen LogP contribution in [0.3, 0.4) is 0 Å². The van der Waals surface area contributed by atoms with Crippen molar-refractivity contribution in [2.24, 2.45) is 0 Å². The van der Waals surface area contributed by atoms with Crippen molar-refractivity contribution >= 4 is 39.6 Å². The summed E-state index contributed by atoms with van der Waals surface area (Å²) in [6.07, 6.45) is 0. The summed E-state index contributed by atoms with van der Waals surface area (Å²) < 4.78 is 0. The molecule has 0 saturated carbocycles. The largest absolute Gasteiger partial charge is 0.338 e. The highest BCUT2D eigenvalue weighted by Crippen LogP contribution is 2.36. The van der Waals surface area contributed by atoms with Crippen molar-refractivity contribution in [1.82, 2.24) is 20.2 Å². The second kappa shape index (κ2) is 7.48. The monoisotopic (exact) mass is 396 g/mol. The first-order chi connectivity index (χ1) is 14.3. The molecule has 0 aliphatic heterocycles. The minimum absolute atomic E-state index is 0.0159. The molecule has 0 fully saturated rings. The quantitative estimate of drug-likeness (QED) is 0.326. The molecule has 140 valence electrons. The molecule has 5 nitrogen and oxygen atoms in total. The Balaban J connectivity index is 1.55. The molecule has 0 unspecified atom stereocenters. The Kier molecular flexibility index (Phi) is 4.54. The van der Waals surface area contributed by atoms with Gasteiger partial charge in [-0.15, -0.1) is 10.2 Å². The molecular formula is C23H16N4OS. The number of aromatic amines is 1. The van der Waals surface area contributed by atoms with Crippen LogP contribution in [-0.2, 0) is 0 Å². The van der Waals surface area contributed by atoms with Crippen LogP contribution >= 0.6 is 11.8 Å². The normalized spacial score (nSPS) is 12.3. The number of para-hydroxylation sites is 1. The van der Waals surface area contributed by atoms with Crippen LogP contribution in [0.15, 0.2) is 90.1 Å². The van der Waals surface area contributed by atoms with E-state index in [9.17, 15) is 4.79 Å². The Labute approximate surface area is 171 Å². The molecule has 5 rings (SSSR count). The molecule has 1 N–H and O–H groups in total. The summed E-state index contributed by atoms with van der Waals surface area (Å²) in [4.78, 5) is 21.2. The highest BCUT2D eigenvalue weighted by molar-refractivity contribution is 8.00. The highest BCUT2D eigenvalue weighted by atomic mass is 32.2. The van der Waals surface area contributed by atoms with Crippen LogP contribution in [0.5, 0.6) is 0 Å². The Morgan fingerprint density at radius 2 is 1.52 bits per heavy atom. The van der Waals surface area contributed by atoms with E-state index in [1.165, 1.54) is 11.8 Å². The zero-order chi connectivity index (χ0) is 19.6. The Morgan fingerprint density at radius 1 is 0.828 bits per heavy atom. The number of fused-ring (bicyclic) bond motifs is 3. The van der Waals surface area contributed by atoms with E-state index < -0.39 is 5.25 Å². The first-order valence-electron chi connectivity index (χ1n) is 9.21. The molecule has 1 atom stereocenters. The number of rotatable bonds is 5. The molecule has 2 aromatic heterocycles. The van der Waals surface area contributed by atoms with Gasteiger partial charge in [-0.05, 0) is 11.6 Å². The standard InChI is InChI=1S/C23H16N4OS/c28-20(15-9-3-1-4-10-15)21(16-11-5-2-6-12-16)29-23-25-22-19(26-27-23)17-13-7-8-14-18(17)24-22/h1-14,21H,(H,24,25,27)/t21-/m1/s1. The van der Waals surface area contributed by atoms with Gasteiger partial charge in [0.25, 0.3) is 0 Å². The van der Waals surface area contributed by atoms with E-state index in [1.807, 2.05) is 84.9 Å². The first kappa shape index (κ1) is 17.6. The Bertz CT molecular complexity index is 1300. The third kappa shape index (κ3) is 3.39. The maximum Gasteiger partial charge on any atom is 0.212 e. The van der Waals surface area contributed by atoms with Crippen molar-refractivity contribution in [1.29, 1.82) is 0 Å². The molecule has 6 heteroatoms. The summed E-state index contributed by atoms with van der Waals surface area (Å²) in [7, 11) is 0. The number of nitrogens with one attached hydrogen (secondary N) is 1. The molecule has 0 radical (unpaired) electrons. The van der Waals surface area contributed by atoms with Gasteiger partial charge in [0.15, 0.2) is 11.4 Å². The fourth-order valence-electron chi connectivity index (χ4n) is 3.32. The van der Waals surface area contributed by atoms with Crippen LogP contribution in [0.2, 0.25) is 0 Å². The highest BCUT2D eigenvalue weighted by Gasteiger charge is 2.25. The van der Waals surface area contributed by atoms with Gasteiger partial charge in [0.2, 0.25) is 5.16 Å². The van der Waals surface area contributed by atoms with Crippen LogP contribution in [0.4, 0.5) is 0 Å². The van der Waals surface area contributed by atoms with E-state index in [-0.39, 0.29) is 5.78 Å². The van der Waals surface area contributed by atoms with Gasteiger partial charge >= 0.3 is 0 Å². The van der Waals surface area contributed by atoms with E-state index in [1.54, 1.807) is 0 Å². The minimum Gasteiger partial charge on any atom is -0.338 e. The van der Waals surface area contributed by atoms with Gasteiger partial charge in [0.1, 0.15) is 10.8 Å². The fraction of sp³-hybridized carbons (Fsp3) is 0.0435. The lowest BCUT2D eigenvalue weighted by Crippen LogP contribution is -2.10. The Morgan fingerprint density at radius 3 is 2.31 bits per heavy atom. The van der Waals surface area contributed by atoms with Gasteiger partial charge in [-0.1, -0.05) is 90.6 Å². The number of hydrogen-bond donors (Lipinski definition) is 1. The zero-order valence-electron chi connectivity index (χ0n) is 15.3. The van der Waals surface area contributed by atoms with Crippen molar-refractivity contribution in [2.75, 3.05) is 0 Å². The molecule has 2 heterocycles. The van der Waals surface area contributed by atoms with Gasteiger partial charge in [0, 0.05) is 16.5 Å². The summed E-state index contributed by atoms with van der Waals surface area (Å²) in [5.41, 5.74) is 3.94. The molecule has 0 spiro atoms. The molecule has 5 aromatic rings. The number of thioether (sulfide) groups is 1. The molecular weight excluding hydrogens is 380 g/mol. The summed E-state index contributed by atoms with van der Waals surface area (Å²) >= 11 is 1.32. The van der Waals surface area contributed by atoms with E-state index in [2.05, 4.69) is 20.2 Å². The van der Waals surface area contributed by atoms with Crippen molar-refractivity contribution in [2.45, 2.75) is 10.4 Å². The summed E-state index contributed by atoms with van der Waals surface area (Å²) in [6.45, 7) is 0. The predicted octanol–water partition coefficient (Wildman–Crippen LogP) is 5.22. The molecule has 3 aromatic carbocycles. The van der Waals surface area contributed by atoms with E-state index in [0.29, 0.717) is 16.4 Å². The number of H-pyrrole nitrogens is 1. The van der Waals surface area contributed by atoms with Crippen LogP contribution in [0.1, 0.15) is 21.2 Å². The van der Waals surface area contributed by atoms with Crippen molar-refractivity contribution in [3.63, 3.8) is 0 Å². The Hall–Kier alpha value is -3.51. The molecule has 0 aliphatic carbocycles. The number of Topliss-reactive ketones (excluding diaryl/α,β-unsaturated/α-hetero) is 1. The average Bonchev–Trinajstić information content (AvgIpc) is 3.16. The number of carbonyl (C=O) groups excluding carboxylic acids is 1. The van der Waals surface area contributed by atoms with Crippen LogP contribution in [-0.4, -0.2) is 25.9 Å². The second-order valence-electron chi connectivity index (χ2n) is 6.60. The number of ketones is 1. The van der Waals surface area contributed by atoms with Gasteiger partial charge < -0.3 is 4.98 Å². The fourth-order valence-corrected chi connectivity index (χ4v) is 4.29. The van der Waals surface area contributed by atoms with E-state index in [4.69, 9.17) is 0 Å². The molecule has 0 aliphatic rings. The first-order valence-corrected chi connectivity index (χ1v) is 10.1. The zero-order valence-corrected chi connectivity index (χ0v) is 16.1. The van der Waals surface area contributed by atoms with Crippen LogP contribution in [0.25, 0.3) is 22.1 Å². The average molecular weight is 396 g/mol. The third-order valence-electron chi connectivity index (χ3n) is 4.72. The lowest BCUT2D eigenvalue weighted by Gasteiger charge is -2.15. The van der Waals surface area contributed by atoms with Crippen molar-refractivity contribution in [3.8, 4) is 0 Å². The van der Waals surface area contributed by atoms with Gasteiger partial charge in [0.05, 0.1) is 0 Å². The number of benzene rings is 3. The maximum absolute atomic E-state index is 13.2. The minimum atomic E-state index is -0.456. The number of aromatic nitrogens is 4. The van der Waals surface area contributed by atoms with Gasteiger partial charge in [-0.2, -0.15) is 0 Å². The van der Waals surface area contributed by atoms with Crippen molar-refractivity contribution < 1.29 is 4.79 Å². The molecule has 29 heavy (non-hydrogen) atoms. The van der Waals surface area contributed by atoms with E-state index >= 15 is 0 Å². The third-order valence-corrected chi connectivity index (χ3v) is 5.83. The topological polar surface area (TPSA) is 71.5 Å². The summed E-state index contributed by atoms with van der Waals surface area (Å²) in [5.74, 6) is 0.0159. The van der Waals surface area contributed by atoms with Crippen LogP contribution in [0, 0.1) is 0 Å². The van der Waals surface area contributed by atoms with Crippen molar-refractivity contribution in [3.05, 3.63) is 96.1 Å². The molecule has 0 saturated heterocycles. The van der Waals surface area contributed by atoms with E-state index in [0.717, 1.165) is 22.0 Å². The van der Waals surface area contributed by atoms with Gasteiger partial charge in [-0.25, -0.2) is 4.98 Å². The number of nitrogens with zero attached hydrogens (tertiary/aromatic N) is 3. The van der Waals surface area contributed by atoms with Gasteiger partial charge in [-0.3, -0.25) is 4.79 Å². The predicted molar refractivity (Wildman–Crippen MR) is 115 cm³/mol. The second-order valence-corrected chi connectivity index (χ2v) is 7.67.